The van der Waals surface area contributed by atoms with Crippen molar-refractivity contribution in [1.29, 1.82) is 0 Å². The normalized spacial score (nSPS) is 10.0. The molecule has 0 unspecified atom stereocenters. The van der Waals surface area contributed by atoms with Crippen LogP contribution in [0.1, 0.15) is 0 Å². The van der Waals surface area contributed by atoms with E-state index in [-0.39, 0.29) is 0 Å². The number of hydrogen-bond donors (Lipinski definition) is 0. The predicted octanol–water partition coefficient (Wildman–Crippen LogP) is 0.478. The number of rotatable bonds is 10. The van der Waals surface area contributed by atoms with Gasteiger partial charge in [-0.05, 0) is 0 Å². The van der Waals surface area contributed by atoms with Gasteiger partial charge in [-0.1, -0.05) is 5.92 Å². The van der Waals surface area contributed by atoms with Gasteiger partial charge in [-0.3, -0.25) is 0 Å². The van der Waals surface area contributed by atoms with Crippen LogP contribution in [0.15, 0.2) is 0 Å². The van der Waals surface area contributed by atoms with Crippen LogP contribution in [0.5, 0.6) is 0 Å². The third-order valence-electron chi connectivity index (χ3n) is 1.30. The minimum absolute atomic E-state index is 0.334. The molecule has 4 nitrogen and oxygen atoms in total. The zero-order valence-corrected chi connectivity index (χ0v) is 8.37. The average Bonchev–Trinajstić information content (AvgIpc) is 2.21. The van der Waals surface area contributed by atoms with Crippen molar-refractivity contribution in [3.63, 3.8) is 0 Å². The van der Waals surface area contributed by atoms with Gasteiger partial charge in [0.25, 0.3) is 0 Å². The zero-order chi connectivity index (χ0) is 10.5. The molecule has 0 saturated carbocycles. The Balaban J connectivity index is 2.82. The van der Waals surface area contributed by atoms with Crippen LogP contribution in [0.3, 0.4) is 0 Å². The van der Waals surface area contributed by atoms with Gasteiger partial charge in [-0.25, -0.2) is 0 Å². The van der Waals surface area contributed by atoms with E-state index in [2.05, 4.69) is 17.8 Å². The number of ether oxygens (including phenoxy) is 4. The maximum absolute atomic E-state index is 5.19. The van der Waals surface area contributed by atoms with Crippen molar-refractivity contribution in [2.75, 3.05) is 46.2 Å². The molecular weight excluding hydrogens is 184 g/mol. The predicted molar refractivity (Wildman–Crippen MR) is 52.6 cm³/mol. The van der Waals surface area contributed by atoms with Crippen molar-refractivity contribution in [2.45, 2.75) is 0 Å². The van der Waals surface area contributed by atoms with Crippen LogP contribution in [0.2, 0.25) is 0 Å². The molecule has 0 amide bonds. The van der Waals surface area contributed by atoms with Crippen LogP contribution >= 0.6 is 0 Å². The second-order valence-electron chi connectivity index (χ2n) is 2.39. The second kappa shape index (κ2) is 12.4. The fraction of sp³-hybridized carbons (Fsp3) is 0.700. The van der Waals surface area contributed by atoms with Gasteiger partial charge in [0, 0.05) is 0 Å². The summed E-state index contributed by atoms with van der Waals surface area (Å²) in [6.07, 6.45) is 4.98. The van der Waals surface area contributed by atoms with Crippen molar-refractivity contribution in [1.82, 2.24) is 0 Å². The molecule has 14 heavy (non-hydrogen) atoms. The van der Waals surface area contributed by atoms with E-state index in [9.17, 15) is 0 Å². The van der Waals surface area contributed by atoms with Gasteiger partial charge in [0.15, 0.2) is 0 Å². The van der Waals surface area contributed by atoms with Crippen molar-refractivity contribution in [3.8, 4) is 12.3 Å². The molecule has 0 heterocycles. The Hall–Kier alpha value is -0.600. The van der Waals surface area contributed by atoms with Crippen molar-refractivity contribution in [2.24, 2.45) is 0 Å². The Labute approximate surface area is 85.5 Å². The molecule has 0 aromatic carbocycles. The molecule has 0 aromatic heterocycles. The molecule has 0 aromatic rings. The van der Waals surface area contributed by atoms with E-state index in [0.29, 0.717) is 46.2 Å². The van der Waals surface area contributed by atoms with Crippen molar-refractivity contribution < 1.29 is 18.9 Å². The van der Waals surface area contributed by atoms with Crippen LogP contribution in [-0.4, -0.2) is 46.2 Å². The van der Waals surface area contributed by atoms with E-state index < -0.39 is 0 Å². The van der Waals surface area contributed by atoms with E-state index in [1.165, 1.54) is 0 Å². The molecule has 0 atom stereocenters. The fourth-order valence-electron chi connectivity index (χ4n) is 0.689. The minimum atomic E-state index is 0.334. The highest BCUT2D eigenvalue weighted by molar-refractivity contribution is 4.82. The third kappa shape index (κ3) is 11.4. The summed E-state index contributed by atoms with van der Waals surface area (Å²) in [6, 6.07) is 0. The first-order chi connectivity index (χ1) is 6.91. The molecule has 0 saturated heterocycles. The van der Waals surface area contributed by atoms with Crippen molar-refractivity contribution >= 4 is 0 Å². The van der Waals surface area contributed by atoms with E-state index in [0.717, 1.165) is 0 Å². The zero-order valence-electron chi connectivity index (χ0n) is 8.37. The maximum atomic E-state index is 5.19. The first-order valence-electron chi connectivity index (χ1n) is 4.45. The molecule has 0 aliphatic heterocycles. The lowest BCUT2D eigenvalue weighted by molar-refractivity contribution is 0.0105. The molecule has 4 heteroatoms. The van der Waals surface area contributed by atoms with Gasteiger partial charge in [0.2, 0.25) is 0 Å². The van der Waals surface area contributed by atoms with Gasteiger partial charge in [-0.15, -0.1) is 6.42 Å². The van der Waals surface area contributed by atoms with Gasteiger partial charge in [-0.2, -0.15) is 0 Å². The summed E-state index contributed by atoms with van der Waals surface area (Å²) < 4.78 is 19.9. The Morgan fingerprint density at radius 2 is 1.36 bits per heavy atom. The Bertz CT molecular complexity index is 142. The van der Waals surface area contributed by atoms with Crippen LogP contribution in [-0.2, 0) is 18.9 Å². The first kappa shape index (κ1) is 13.4. The topological polar surface area (TPSA) is 36.9 Å². The van der Waals surface area contributed by atoms with E-state index >= 15 is 0 Å². The Morgan fingerprint density at radius 1 is 0.857 bits per heavy atom. The molecule has 1 radical (unpaired) electrons. The molecule has 0 rings (SSSR count). The standard InChI is InChI=1S/C10H17O4/c1-3-4-12-7-8-14-10-9-13-6-5-11-2/h1H,2,4-10H2. The van der Waals surface area contributed by atoms with Crippen LogP contribution in [0.4, 0.5) is 0 Å². The number of hydrogen-bond acceptors (Lipinski definition) is 4. The van der Waals surface area contributed by atoms with Gasteiger partial charge >= 0.3 is 0 Å². The molecular formula is C10H17O4. The summed E-state index contributed by atoms with van der Waals surface area (Å²) in [5.41, 5.74) is 0. The quantitative estimate of drug-likeness (QED) is 0.380. The van der Waals surface area contributed by atoms with E-state index in [1.807, 2.05) is 0 Å². The molecule has 0 fully saturated rings. The summed E-state index contributed by atoms with van der Waals surface area (Å²) in [5, 5.41) is 0. The summed E-state index contributed by atoms with van der Waals surface area (Å²) in [6.45, 7) is 3.55. The lowest BCUT2D eigenvalue weighted by Crippen LogP contribution is -2.11. The molecule has 0 aliphatic rings. The van der Waals surface area contributed by atoms with Gasteiger partial charge in [0.1, 0.15) is 6.61 Å². The largest absolute Gasteiger partial charge is 0.377 e. The lowest BCUT2D eigenvalue weighted by Gasteiger charge is -2.04. The monoisotopic (exact) mass is 201 g/mol. The highest BCUT2D eigenvalue weighted by atomic mass is 16.6. The van der Waals surface area contributed by atoms with E-state index in [4.69, 9.17) is 20.6 Å². The summed E-state index contributed by atoms with van der Waals surface area (Å²) >= 11 is 0. The van der Waals surface area contributed by atoms with E-state index in [1.54, 1.807) is 0 Å². The lowest BCUT2D eigenvalue weighted by atomic mass is 10.7. The highest BCUT2D eigenvalue weighted by Gasteiger charge is 1.90. The minimum Gasteiger partial charge on any atom is -0.377 e. The van der Waals surface area contributed by atoms with Gasteiger partial charge < -0.3 is 18.9 Å². The molecule has 0 bridgehead atoms. The molecule has 0 aliphatic carbocycles. The summed E-state index contributed by atoms with van der Waals surface area (Å²) in [7, 11) is 3.22. The highest BCUT2D eigenvalue weighted by Crippen LogP contribution is 1.81. The fourth-order valence-corrected chi connectivity index (χ4v) is 0.689. The first-order valence-corrected chi connectivity index (χ1v) is 4.45. The summed E-state index contributed by atoms with van der Waals surface area (Å²) in [5.74, 6) is 2.37. The smallest absolute Gasteiger partial charge is 0.107 e. The van der Waals surface area contributed by atoms with Crippen molar-refractivity contribution in [3.05, 3.63) is 7.11 Å². The Kier molecular flexibility index (Phi) is 11.9. The molecule has 0 spiro atoms. The second-order valence-corrected chi connectivity index (χ2v) is 2.39. The van der Waals surface area contributed by atoms with Crippen LogP contribution < -0.4 is 0 Å². The molecule has 0 N–H and O–H groups in total. The summed E-state index contributed by atoms with van der Waals surface area (Å²) in [4.78, 5) is 0. The van der Waals surface area contributed by atoms with Crippen LogP contribution in [0, 0.1) is 19.5 Å². The van der Waals surface area contributed by atoms with Crippen LogP contribution in [0.25, 0.3) is 0 Å². The third-order valence-corrected chi connectivity index (χ3v) is 1.30. The Morgan fingerprint density at radius 3 is 1.86 bits per heavy atom. The maximum Gasteiger partial charge on any atom is 0.107 e. The number of terminal acetylenes is 1. The molecule has 81 valence electrons. The average molecular weight is 201 g/mol. The SMILES string of the molecule is C#CCOCCOCCOCCO[CH2]. The van der Waals surface area contributed by atoms with Gasteiger partial charge in [0.05, 0.1) is 46.8 Å².